The summed E-state index contributed by atoms with van der Waals surface area (Å²) in [5.41, 5.74) is 5.77. The van der Waals surface area contributed by atoms with Crippen LogP contribution in [0, 0.1) is 22.0 Å². The first-order valence-electron chi connectivity index (χ1n) is 4.43. The third-order valence-corrected chi connectivity index (χ3v) is 3.14. The van der Waals surface area contributed by atoms with E-state index in [2.05, 4.69) is 6.92 Å². The molecule has 2 N–H and O–H groups in total. The maximum atomic E-state index is 10.5. The molecule has 0 aromatic rings. The minimum absolute atomic E-state index is 0.229. The highest BCUT2D eigenvalue weighted by atomic mass is 16.6. The lowest BCUT2D eigenvalue weighted by Crippen LogP contribution is -2.50. The highest BCUT2D eigenvalue weighted by molar-refractivity contribution is 4.86. The van der Waals surface area contributed by atoms with Gasteiger partial charge in [-0.15, -0.1) is 0 Å². The van der Waals surface area contributed by atoms with Crippen molar-refractivity contribution in [2.24, 2.45) is 17.6 Å². The Morgan fingerprint density at radius 1 is 1.42 bits per heavy atom. The van der Waals surface area contributed by atoms with E-state index in [-0.39, 0.29) is 16.9 Å². The van der Waals surface area contributed by atoms with Gasteiger partial charge in [0.1, 0.15) is 0 Å². The number of nitrogens with zero attached hydrogens (tertiary/aromatic N) is 1. The Kier molecular flexibility index (Phi) is 2.67. The second-order valence-corrected chi connectivity index (χ2v) is 3.84. The van der Waals surface area contributed by atoms with Gasteiger partial charge in [0.05, 0.1) is 6.04 Å². The Balaban J connectivity index is 2.65. The molecule has 1 aliphatic rings. The number of nitro groups is 1. The first kappa shape index (κ1) is 9.45. The molecule has 1 aliphatic carbocycles. The molecular formula is C8H16N2O2. The summed E-state index contributed by atoms with van der Waals surface area (Å²) >= 11 is 0. The van der Waals surface area contributed by atoms with E-state index < -0.39 is 6.04 Å². The highest BCUT2D eigenvalue weighted by Crippen LogP contribution is 2.29. The van der Waals surface area contributed by atoms with Crippen molar-refractivity contribution in [3.63, 3.8) is 0 Å². The minimum atomic E-state index is -0.517. The van der Waals surface area contributed by atoms with Gasteiger partial charge < -0.3 is 5.73 Å². The molecule has 1 rings (SSSR count). The summed E-state index contributed by atoms with van der Waals surface area (Å²) in [4.78, 5) is 10.3. The van der Waals surface area contributed by atoms with E-state index in [1.54, 1.807) is 0 Å². The monoisotopic (exact) mass is 172 g/mol. The molecule has 4 heteroatoms. The van der Waals surface area contributed by atoms with Crippen LogP contribution in [0.3, 0.4) is 0 Å². The fraction of sp³-hybridized carbons (Fsp3) is 1.00. The van der Waals surface area contributed by atoms with Crippen LogP contribution in [0.5, 0.6) is 0 Å². The number of hydrogen-bond acceptors (Lipinski definition) is 3. The van der Waals surface area contributed by atoms with Crippen molar-refractivity contribution < 1.29 is 4.92 Å². The first-order chi connectivity index (χ1) is 5.54. The van der Waals surface area contributed by atoms with Crippen LogP contribution in [0.25, 0.3) is 0 Å². The Labute approximate surface area is 72.3 Å². The maximum Gasteiger partial charge on any atom is 0.228 e. The Bertz CT molecular complexity index is 184. The van der Waals surface area contributed by atoms with Gasteiger partial charge in [-0.3, -0.25) is 10.1 Å². The summed E-state index contributed by atoms with van der Waals surface area (Å²) < 4.78 is 0. The molecule has 0 amide bonds. The fourth-order valence-electron chi connectivity index (χ4n) is 1.86. The van der Waals surface area contributed by atoms with E-state index in [4.69, 9.17) is 5.73 Å². The average molecular weight is 172 g/mol. The standard InChI is InChI=1S/C8H16N2O2/c1-5-3-4-7(10(11)12)8(9)6(5)2/h5-8H,3-4,9H2,1-2H3. The van der Waals surface area contributed by atoms with Gasteiger partial charge in [-0.1, -0.05) is 13.8 Å². The van der Waals surface area contributed by atoms with Crippen molar-refractivity contribution >= 4 is 0 Å². The SMILES string of the molecule is CC1CCC([N+](=O)[O-])C(N)C1C. The van der Waals surface area contributed by atoms with Crippen molar-refractivity contribution in [3.05, 3.63) is 10.1 Å². The Hall–Kier alpha value is -0.640. The third-order valence-electron chi connectivity index (χ3n) is 3.14. The number of nitrogens with two attached hydrogens (primary N) is 1. The van der Waals surface area contributed by atoms with E-state index in [1.165, 1.54) is 0 Å². The van der Waals surface area contributed by atoms with E-state index in [1.807, 2.05) is 6.92 Å². The lowest BCUT2D eigenvalue weighted by molar-refractivity contribution is -0.531. The second kappa shape index (κ2) is 3.39. The predicted molar refractivity (Wildman–Crippen MR) is 46.3 cm³/mol. The third kappa shape index (κ3) is 1.58. The van der Waals surface area contributed by atoms with Crippen molar-refractivity contribution in [3.8, 4) is 0 Å². The van der Waals surface area contributed by atoms with E-state index in [0.717, 1.165) is 6.42 Å². The number of hydrogen-bond donors (Lipinski definition) is 1. The smallest absolute Gasteiger partial charge is 0.228 e. The molecule has 0 aliphatic heterocycles. The van der Waals surface area contributed by atoms with Crippen LogP contribution in [0.4, 0.5) is 0 Å². The van der Waals surface area contributed by atoms with Gasteiger partial charge >= 0.3 is 0 Å². The summed E-state index contributed by atoms with van der Waals surface area (Å²) in [7, 11) is 0. The summed E-state index contributed by atoms with van der Waals surface area (Å²) in [6.45, 7) is 4.12. The Morgan fingerprint density at radius 2 is 2.00 bits per heavy atom. The lowest BCUT2D eigenvalue weighted by atomic mass is 9.76. The minimum Gasteiger partial charge on any atom is -0.322 e. The van der Waals surface area contributed by atoms with Crippen molar-refractivity contribution in [2.75, 3.05) is 0 Å². The zero-order valence-electron chi connectivity index (χ0n) is 7.56. The normalized spacial score (nSPS) is 42.6. The fourth-order valence-corrected chi connectivity index (χ4v) is 1.86. The van der Waals surface area contributed by atoms with Gasteiger partial charge in [-0.05, 0) is 18.3 Å². The zero-order chi connectivity index (χ0) is 9.30. The van der Waals surface area contributed by atoms with Gasteiger partial charge in [0.15, 0.2) is 0 Å². The van der Waals surface area contributed by atoms with Gasteiger partial charge in [0.25, 0.3) is 0 Å². The van der Waals surface area contributed by atoms with E-state index in [9.17, 15) is 10.1 Å². The highest BCUT2D eigenvalue weighted by Gasteiger charge is 2.39. The van der Waals surface area contributed by atoms with Crippen LogP contribution >= 0.6 is 0 Å². The first-order valence-corrected chi connectivity index (χ1v) is 4.43. The number of rotatable bonds is 1. The molecule has 0 aromatic heterocycles. The van der Waals surface area contributed by atoms with Gasteiger partial charge in [0, 0.05) is 11.3 Å². The van der Waals surface area contributed by atoms with E-state index in [0.29, 0.717) is 12.3 Å². The largest absolute Gasteiger partial charge is 0.322 e. The van der Waals surface area contributed by atoms with Crippen LogP contribution in [-0.2, 0) is 0 Å². The Morgan fingerprint density at radius 3 is 2.50 bits per heavy atom. The summed E-state index contributed by atoms with van der Waals surface area (Å²) in [5, 5.41) is 10.5. The van der Waals surface area contributed by atoms with Crippen molar-refractivity contribution in [1.29, 1.82) is 0 Å². The molecule has 0 heterocycles. The molecule has 0 spiro atoms. The molecule has 0 radical (unpaired) electrons. The van der Waals surface area contributed by atoms with Crippen LogP contribution < -0.4 is 5.73 Å². The van der Waals surface area contributed by atoms with E-state index >= 15 is 0 Å². The topological polar surface area (TPSA) is 69.2 Å². The van der Waals surface area contributed by atoms with Crippen LogP contribution in [0.1, 0.15) is 26.7 Å². The molecular weight excluding hydrogens is 156 g/mol. The average Bonchev–Trinajstić information content (AvgIpc) is 2.00. The van der Waals surface area contributed by atoms with Gasteiger partial charge in [0.2, 0.25) is 6.04 Å². The lowest BCUT2D eigenvalue weighted by Gasteiger charge is -2.33. The van der Waals surface area contributed by atoms with Crippen molar-refractivity contribution in [2.45, 2.75) is 38.8 Å². The molecule has 1 saturated carbocycles. The molecule has 12 heavy (non-hydrogen) atoms. The maximum absolute atomic E-state index is 10.5. The molecule has 70 valence electrons. The van der Waals surface area contributed by atoms with Crippen LogP contribution in [0.2, 0.25) is 0 Å². The molecule has 0 saturated heterocycles. The quantitative estimate of drug-likeness (QED) is 0.474. The molecule has 1 fully saturated rings. The van der Waals surface area contributed by atoms with Gasteiger partial charge in [-0.2, -0.15) is 0 Å². The molecule has 4 nitrogen and oxygen atoms in total. The molecule has 4 atom stereocenters. The van der Waals surface area contributed by atoms with Crippen LogP contribution in [0.15, 0.2) is 0 Å². The zero-order valence-corrected chi connectivity index (χ0v) is 7.56. The van der Waals surface area contributed by atoms with Gasteiger partial charge in [-0.25, -0.2) is 0 Å². The summed E-state index contributed by atoms with van der Waals surface area (Å²) in [6, 6.07) is -0.778. The van der Waals surface area contributed by atoms with Crippen LogP contribution in [-0.4, -0.2) is 17.0 Å². The molecule has 4 unspecified atom stereocenters. The summed E-state index contributed by atoms with van der Waals surface area (Å²) in [5.74, 6) is 0.797. The molecule has 0 aromatic carbocycles. The van der Waals surface area contributed by atoms with Crippen molar-refractivity contribution in [1.82, 2.24) is 0 Å². The molecule has 0 bridgehead atoms. The predicted octanol–water partition coefficient (Wildman–Crippen LogP) is 1.02. The summed E-state index contributed by atoms with van der Waals surface area (Å²) in [6.07, 6.45) is 1.57. The second-order valence-electron chi connectivity index (χ2n) is 3.84.